The number of nitrogens with zero attached hydrogens (tertiary/aromatic N) is 1. The van der Waals surface area contributed by atoms with Crippen LogP contribution in [0.5, 0.6) is 5.75 Å². The molecule has 0 saturated carbocycles. The molecule has 0 aromatic heterocycles. The summed E-state index contributed by atoms with van der Waals surface area (Å²) in [6, 6.07) is 13.6. The molecule has 7 heteroatoms. The minimum absolute atomic E-state index is 0.000338. The van der Waals surface area contributed by atoms with Crippen molar-refractivity contribution in [1.82, 2.24) is 0 Å². The summed E-state index contributed by atoms with van der Waals surface area (Å²) in [6.07, 6.45) is 1.18. The maximum Gasteiger partial charge on any atom is 0.191 e. The highest BCUT2D eigenvalue weighted by Crippen LogP contribution is 2.19. The number of rotatable bonds is 5. The smallest absolute Gasteiger partial charge is 0.191 e. The van der Waals surface area contributed by atoms with E-state index in [4.69, 9.17) is 16.2 Å². The van der Waals surface area contributed by atoms with Gasteiger partial charge < -0.3 is 16.2 Å². The second-order valence-electron chi connectivity index (χ2n) is 4.74. The van der Waals surface area contributed by atoms with Crippen LogP contribution in [0.4, 0.5) is 5.69 Å². The number of guanidine groups is 1. The minimum atomic E-state index is -3.18. The Morgan fingerprint density at radius 3 is 2.14 bits per heavy atom. The summed E-state index contributed by atoms with van der Waals surface area (Å²) in [5, 5.41) is 0. The zero-order valence-corrected chi connectivity index (χ0v) is 12.9. The van der Waals surface area contributed by atoms with E-state index in [2.05, 4.69) is 4.99 Å². The van der Waals surface area contributed by atoms with Crippen LogP contribution in [0.1, 0.15) is 5.56 Å². The zero-order valence-electron chi connectivity index (χ0n) is 12.1. The summed E-state index contributed by atoms with van der Waals surface area (Å²) in [6.45, 7) is 0.339. The van der Waals surface area contributed by atoms with Crippen molar-refractivity contribution in [3.63, 3.8) is 0 Å². The number of hydrogen-bond donors (Lipinski definition) is 2. The molecule has 2 aromatic carbocycles. The summed E-state index contributed by atoms with van der Waals surface area (Å²) in [5.41, 5.74) is 12.1. The molecule has 0 bridgehead atoms. The summed E-state index contributed by atoms with van der Waals surface area (Å²) in [4.78, 5) is 4.20. The SMILES string of the molecule is CS(=O)(=O)c1ccc(COc2ccc(N=C(N)N)cc2)cc1. The Balaban J connectivity index is 1.99. The maximum atomic E-state index is 11.4. The molecule has 0 aliphatic rings. The van der Waals surface area contributed by atoms with Gasteiger partial charge in [-0.05, 0) is 42.0 Å². The number of benzene rings is 2. The topological polar surface area (TPSA) is 108 Å². The van der Waals surface area contributed by atoms with Crippen LogP contribution in [0.15, 0.2) is 58.4 Å². The highest BCUT2D eigenvalue weighted by Gasteiger charge is 2.06. The predicted molar refractivity (Wildman–Crippen MR) is 85.8 cm³/mol. The molecular formula is C15H17N3O3S. The van der Waals surface area contributed by atoms with E-state index in [1.54, 1.807) is 48.5 Å². The van der Waals surface area contributed by atoms with E-state index in [1.165, 1.54) is 6.26 Å². The standard InChI is InChI=1S/C15H17N3O3S/c1-22(19,20)14-8-2-11(3-9-14)10-21-13-6-4-12(5-7-13)18-15(16)17/h2-9H,10H2,1H3,(H4,16,17,18). The Kier molecular flexibility index (Phi) is 4.67. The number of hydrogen-bond acceptors (Lipinski definition) is 4. The van der Waals surface area contributed by atoms with Crippen LogP contribution in [-0.4, -0.2) is 20.6 Å². The van der Waals surface area contributed by atoms with Gasteiger partial charge in [-0.25, -0.2) is 13.4 Å². The Labute approximate surface area is 129 Å². The van der Waals surface area contributed by atoms with Gasteiger partial charge in [0, 0.05) is 6.26 Å². The first-order chi connectivity index (χ1) is 10.3. The largest absolute Gasteiger partial charge is 0.489 e. The van der Waals surface area contributed by atoms with Gasteiger partial charge in [-0.3, -0.25) is 0 Å². The fourth-order valence-corrected chi connectivity index (χ4v) is 2.40. The summed E-state index contributed by atoms with van der Waals surface area (Å²) in [5.74, 6) is 0.668. The van der Waals surface area contributed by atoms with Gasteiger partial charge in [0.1, 0.15) is 12.4 Å². The molecule has 0 radical (unpaired) electrons. The van der Waals surface area contributed by atoms with Crippen LogP contribution >= 0.6 is 0 Å². The van der Waals surface area contributed by atoms with Crippen molar-refractivity contribution >= 4 is 21.5 Å². The maximum absolute atomic E-state index is 11.4. The van der Waals surface area contributed by atoms with Gasteiger partial charge in [-0.2, -0.15) is 0 Å². The van der Waals surface area contributed by atoms with Gasteiger partial charge >= 0.3 is 0 Å². The van der Waals surface area contributed by atoms with Gasteiger partial charge in [0.15, 0.2) is 15.8 Å². The van der Waals surface area contributed by atoms with Crippen molar-refractivity contribution in [2.45, 2.75) is 11.5 Å². The average molecular weight is 319 g/mol. The third-order valence-electron chi connectivity index (χ3n) is 2.85. The molecule has 4 N–H and O–H groups in total. The first-order valence-electron chi connectivity index (χ1n) is 6.46. The summed E-state index contributed by atoms with van der Waals surface area (Å²) >= 11 is 0. The molecule has 0 aliphatic carbocycles. The van der Waals surface area contributed by atoms with Crippen LogP contribution in [-0.2, 0) is 16.4 Å². The van der Waals surface area contributed by atoms with Crippen molar-refractivity contribution in [3.8, 4) is 5.75 Å². The third-order valence-corrected chi connectivity index (χ3v) is 3.98. The molecular weight excluding hydrogens is 302 g/mol. The molecule has 2 aromatic rings. The van der Waals surface area contributed by atoms with E-state index in [-0.39, 0.29) is 10.9 Å². The molecule has 0 saturated heterocycles. The summed E-state index contributed by atoms with van der Waals surface area (Å²) in [7, 11) is -3.18. The molecule has 2 rings (SSSR count). The quantitative estimate of drug-likeness (QED) is 0.642. The number of nitrogens with two attached hydrogens (primary N) is 2. The van der Waals surface area contributed by atoms with E-state index in [0.29, 0.717) is 18.0 Å². The molecule has 0 fully saturated rings. The van der Waals surface area contributed by atoms with Crippen LogP contribution in [0, 0.1) is 0 Å². The Bertz CT molecular complexity index is 763. The van der Waals surface area contributed by atoms with Crippen molar-refractivity contribution in [2.75, 3.05) is 6.26 Å². The summed E-state index contributed by atoms with van der Waals surface area (Å²) < 4.78 is 28.4. The lowest BCUT2D eigenvalue weighted by Crippen LogP contribution is -2.21. The number of aliphatic imine (C=N–C) groups is 1. The highest BCUT2D eigenvalue weighted by molar-refractivity contribution is 7.90. The van der Waals surface area contributed by atoms with Gasteiger partial charge in [-0.15, -0.1) is 0 Å². The van der Waals surface area contributed by atoms with E-state index < -0.39 is 9.84 Å². The second-order valence-corrected chi connectivity index (χ2v) is 6.75. The van der Waals surface area contributed by atoms with Crippen LogP contribution in [0.2, 0.25) is 0 Å². The molecule has 0 atom stereocenters. The molecule has 116 valence electrons. The number of ether oxygens (including phenoxy) is 1. The molecule has 0 spiro atoms. The normalized spacial score (nSPS) is 11.0. The molecule has 0 aliphatic heterocycles. The van der Waals surface area contributed by atoms with Gasteiger partial charge in [-0.1, -0.05) is 12.1 Å². The average Bonchev–Trinajstić information content (AvgIpc) is 2.45. The third kappa shape index (κ3) is 4.49. The van der Waals surface area contributed by atoms with E-state index >= 15 is 0 Å². The molecule has 0 heterocycles. The predicted octanol–water partition coefficient (Wildman–Crippen LogP) is 1.57. The lowest BCUT2D eigenvalue weighted by molar-refractivity contribution is 0.306. The van der Waals surface area contributed by atoms with Crippen molar-refractivity contribution in [1.29, 1.82) is 0 Å². The zero-order chi connectivity index (χ0) is 16.2. The lowest BCUT2D eigenvalue weighted by atomic mass is 10.2. The van der Waals surface area contributed by atoms with Crippen LogP contribution in [0.25, 0.3) is 0 Å². The highest BCUT2D eigenvalue weighted by atomic mass is 32.2. The van der Waals surface area contributed by atoms with Crippen molar-refractivity contribution in [3.05, 3.63) is 54.1 Å². The van der Waals surface area contributed by atoms with Gasteiger partial charge in [0.2, 0.25) is 0 Å². The van der Waals surface area contributed by atoms with E-state index in [9.17, 15) is 8.42 Å². The fraction of sp³-hybridized carbons (Fsp3) is 0.133. The van der Waals surface area contributed by atoms with E-state index in [1.807, 2.05) is 0 Å². The first kappa shape index (κ1) is 15.8. The second kappa shape index (κ2) is 6.48. The molecule has 0 amide bonds. The Morgan fingerprint density at radius 2 is 1.64 bits per heavy atom. The van der Waals surface area contributed by atoms with Gasteiger partial charge in [0.05, 0.1) is 10.6 Å². The van der Waals surface area contributed by atoms with Crippen molar-refractivity contribution < 1.29 is 13.2 Å². The fourth-order valence-electron chi connectivity index (χ4n) is 1.77. The minimum Gasteiger partial charge on any atom is -0.489 e. The first-order valence-corrected chi connectivity index (χ1v) is 8.35. The lowest BCUT2D eigenvalue weighted by Gasteiger charge is -2.07. The van der Waals surface area contributed by atoms with E-state index in [0.717, 1.165) is 5.56 Å². The van der Waals surface area contributed by atoms with Gasteiger partial charge in [0.25, 0.3) is 0 Å². The van der Waals surface area contributed by atoms with Crippen molar-refractivity contribution in [2.24, 2.45) is 16.5 Å². The monoisotopic (exact) mass is 319 g/mol. The molecule has 22 heavy (non-hydrogen) atoms. The number of sulfone groups is 1. The Morgan fingerprint density at radius 1 is 1.05 bits per heavy atom. The molecule has 6 nitrogen and oxygen atoms in total. The Hall–Kier alpha value is -2.54. The van der Waals surface area contributed by atoms with Crippen LogP contribution < -0.4 is 16.2 Å². The molecule has 0 unspecified atom stereocenters. The van der Waals surface area contributed by atoms with Crippen LogP contribution in [0.3, 0.4) is 0 Å².